The van der Waals surface area contributed by atoms with Crippen LogP contribution in [0.2, 0.25) is 0 Å². The number of likely N-dealkylation sites (tertiary alicyclic amines) is 2. The molecule has 0 radical (unpaired) electrons. The van der Waals surface area contributed by atoms with Gasteiger partial charge in [-0.05, 0) is 56.0 Å². The van der Waals surface area contributed by atoms with Gasteiger partial charge in [-0.25, -0.2) is 8.78 Å². The van der Waals surface area contributed by atoms with Crippen LogP contribution < -0.4 is 0 Å². The largest absolute Gasteiger partial charge is 0.342 e. The van der Waals surface area contributed by atoms with Crippen LogP contribution in [0.25, 0.3) is 0 Å². The summed E-state index contributed by atoms with van der Waals surface area (Å²) in [7, 11) is 0. The van der Waals surface area contributed by atoms with E-state index in [1.54, 1.807) is 6.20 Å². The highest BCUT2D eigenvalue weighted by Crippen LogP contribution is 2.40. The second-order valence-corrected chi connectivity index (χ2v) is 8.40. The number of hydrogen-bond donors (Lipinski definition) is 0. The molecule has 0 saturated carbocycles. The van der Waals surface area contributed by atoms with Crippen molar-refractivity contribution in [1.29, 1.82) is 0 Å². The topological polar surface area (TPSA) is 36.4 Å². The molecule has 3 heterocycles. The number of halogens is 2. The van der Waals surface area contributed by atoms with Gasteiger partial charge in [0.15, 0.2) is 0 Å². The number of rotatable bonds is 5. The number of nitrogens with zero attached hydrogens (tertiary/aromatic N) is 3. The molecule has 4 rings (SSSR count). The minimum Gasteiger partial charge on any atom is -0.342 e. The number of piperidine rings is 2. The lowest BCUT2D eigenvalue weighted by molar-refractivity contribution is -0.139. The lowest BCUT2D eigenvalue weighted by atomic mass is 9.72. The fourth-order valence-electron chi connectivity index (χ4n) is 4.59. The van der Waals surface area contributed by atoms with Crippen LogP contribution in [0.5, 0.6) is 0 Å². The zero-order valence-corrected chi connectivity index (χ0v) is 16.6. The molecular weight excluding hydrogens is 372 g/mol. The van der Waals surface area contributed by atoms with Gasteiger partial charge >= 0.3 is 0 Å². The molecule has 4 nitrogen and oxygen atoms in total. The maximum atomic E-state index is 14.0. The van der Waals surface area contributed by atoms with Gasteiger partial charge in [0, 0.05) is 56.0 Å². The fraction of sp³-hybridized carbons (Fsp3) is 0.478. The first-order valence-corrected chi connectivity index (χ1v) is 10.4. The smallest absolute Gasteiger partial charge is 0.222 e. The Labute approximate surface area is 170 Å². The first-order valence-electron chi connectivity index (χ1n) is 10.4. The van der Waals surface area contributed by atoms with Crippen LogP contribution in [0.15, 0.2) is 42.6 Å². The summed E-state index contributed by atoms with van der Waals surface area (Å²) in [6.45, 7) is 3.77. The van der Waals surface area contributed by atoms with E-state index < -0.39 is 11.6 Å². The summed E-state index contributed by atoms with van der Waals surface area (Å²) in [6.07, 6.45) is 6.11. The number of benzene rings is 1. The maximum Gasteiger partial charge on any atom is 0.222 e. The molecule has 1 aromatic heterocycles. The lowest BCUT2D eigenvalue weighted by Crippen LogP contribution is -2.51. The van der Waals surface area contributed by atoms with Crippen LogP contribution >= 0.6 is 0 Å². The van der Waals surface area contributed by atoms with Crippen molar-refractivity contribution in [3.8, 4) is 0 Å². The molecule has 0 unspecified atom stereocenters. The number of amides is 1. The van der Waals surface area contributed by atoms with Crippen LogP contribution in [-0.2, 0) is 17.8 Å². The van der Waals surface area contributed by atoms with E-state index in [4.69, 9.17) is 0 Å². The minimum atomic E-state index is -0.540. The molecule has 6 heteroatoms. The zero-order chi connectivity index (χ0) is 20.3. The summed E-state index contributed by atoms with van der Waals surface area (Å²) in [5.41, 5.74) is 1.71. The van der Waals surface area contributed by atoms with Gasteiger partial charge in [-0.1, -0.05) is 12.1 Å². The quantitative estimate of drug-likeness (QED) is 0.767. The molecule has 0 bridgehead atoms. The summed E-state index contributed by atoms with van der Waals surface area (Å²) in [4.78, 5) is 21.0. The highest BCUT2D eigenvalue weighted by atomic mass is 19.1. The Hall–Kier alpha value is -2.34. The summed E-state index contributed by atoms with van der Waals surface area (Å²) in [6, 6.07) is 9.67. The highest BCUT2D eigenvalue weighted by molar-refractivity contribution is 5.77. The molecule has 2 aliphatic rings. The Morgan fingerprint density at radius 1 is 1.07 bits per heavy atom. The SMILES string of the molecule is O=C1CCC2(CCN(Cc3ccc(F)cc3F)CC2)CN1CCc1ccccn1. The van der Waals surface area contributed by atoms with E-state index in [1.165, 1.54) is 12.1 Å². The second-order valence-electron chi connectivity index (χ2n) is 8.40. The van der Waals surface area contributed by atoms with Crippen LogP contribution in [0.3, 0.4) is 0 Å². The summed E-state index contributed by atoms with van der Waals surface area (Å²) >= 11 is 0. The van der Waals surface area contributed by atoms with Crippen LogP contribution in [0.4, 0.5) is 8.78 Å². The lowest BCUT2D eigenvalue weighted by Gasteiger charge is -2.47. The third-order valence-corrected chi connectivity index (χ3v) is 6.44. The van der Waals surface area contributed by atoms with Gasteiger partial charge in [-0.3, -0.25) is 14.7 Å². The third kappa shape index (κ3) is 4.81. The number of aromatic nitrogens is 1. The number of hydrogen-bond acceptors (Lipinski definition) is 3. The Morgan fingerprint density at radius 3 is 2.62 bits per heavy atom. The Bertz CT molecular complexity index is 850. The van der Waals surface area contributed by atoms with E-state index in [9.17, 15) is 13.6 Å². The average Bonchev–Trinajstić information content (AvgIpc) is 2.73. The van der Waals surface area contributed by atoms with E-state index >= 15 is 0 Å². The van der Waals surface area contributed by atoms with Gasteiger partial charge < -0.3 is 4.90 Å². The summed E-state index contributed by atoms with van der Waals surface area (Å²) in [5, 5.41) is 0. The van der Waals surface area contributed by atoms with Crippen molar-refractivity contribution < 1.29 is 13.6 Å². The molecule has 1 spiro atoms. The van der Waals surface area contributed by atoms with Crippen LogP contribution in [0, 0.1) is 17.0 Å². The molecule has 0 atom stereocenters. The first kappa shape index (κ1) is 20.0. The highest BCUT2D eigenvalue weighted by Gasteiger charge is 2.40. The fourth-order valence-corrected chi connectivity index (χ4v) is 4.59. The van der Waals surface area contributed by atoms with Gasteiger partial charge in [0.25, 0.3) is 0 Å². The minimum absolute atomic E-state index is 0.163. The van der Waals surface area contributed by atoms with Crippen molar-refractivity contribution >= 4 is 5.91 Å². The first-order chi connectivity index (χ1) is 14.0. The van der Waals surface area contributed by atoms with Crippen molar-refractivity contribution in [3.63, 3.8) is 0 Å². The number of carbonyl (C=O) groups is 1. The Balaban J connectivity index is 1.32. The summed E-state index contributed by atoms with van der Waals surface area (Å²) in [5.74, 6) is -0.780. The van der Waals surface area contributed by atoms with Gasteiger partial charge in [-0.15, -0.1) is 0 Å². The van der Waals surface area contributed by atoms with Crippen molar-refractivity contribution in [3.05, 3.63) is 65.5 Å². The van der Waals surface area contributed by atoms with Crippen molar-refractivity contribution in [2.45, 2.75) is 38.6 Å². The average molecular weight is 399 g/mol. The molecule has 2 aromatic rings. The zero-order valence-electron chi connectivity index (χ0n) is 16.6. The normalized spacial score (nSPS) is 19.7. The molecule has 29 heavy (non-hydrogen) atoms. The van der Waals surface area contributed by atoms with Crippen LogP contribution in [0.1, 0.15) is 36.9 Å². The standard InChI is InChI=1S/C23H27F2N3O/c24-19-5-4-18(21(25)15-19)16-27-13-9-23(10-14-27)8-6-22(29)28(17-23)12-7-20-3-1-2-11-26-20/h1-5,11,15H,6-10,12-14,16-17H2. The molecule has 2 aliphatic heterocycles. The maximum absolute atomic E-state index is 14.0. The molecule has 1 amide bonds. The van der Waals surface area contributed by atoms with E-state index in [-0.39, 0.29) is 11.3 Å². The van der Waals surface area contributed by atoms with Gasteiger partial charge in [0.2, 0.25) is 5.91 Å². The predicted molar refractivity (Wildman–Crippen MR) is 107 cm³/mol. The van der Waals surface area contributed by atoms with Gasteiger partial charge in [0.05, 0.1) is 0 Å². The molecule has 0 N–H and O–H groups in total. The molecule has 2 saturated heterocycles. The predicted octanol–water partition coefficient (Wildman–Crippen LogP) is 3.81. The van der Waals surface area contributed by atoms with Gasteiger partial charge in [-0.2, -0.15) is 0 Å². The van der Waals surface area contributed by atoms with Crippen molar-refractivity contribution in [1.82, 2.24) is 14.8 Å². The Morgan fingerprint density at radius 2 is 1.90 bits per heavy atom. The van der Waals surface area contributed by atoms with Crippen molar-refractivity contribution in [2.24, 2.45) is 5.41 Å². The Kier molecular flexibility index (Phi) is 5.90. The van der Waals surface area contributed by atoms with E-state index in [0.29, 0.717) is 25.1 Å². The number of pyridine rings is 1. The third-order valence-electron chi connectivity index (χ3n) is 6.44. The molecular formula is C23H27F2N3O. The van der Waals surface area contributed by atoms with E-state index in [1.807, 2.05) is 23.1 Å². The monoisotopic (exact) mass is 399 g/mol. The number of carbonyl (C=O) groups excluding carboxylic acids is 1. The molecule has 0 aliphatic carbocycles. The van der Waals surface area contributed by atoms with E-state index in [0.717, 1.165) is 57.1 Å². The summed E-state index contributed by atoms with van der Waals surface area (Å²) < 4.78 is 27.1. The molecule has 1 aromatic carbocycles. The second kappa shape index (κ2) is 8.57. The van der Waals surface area contributed by atoms with Crippen LogP contribution in [-0.4, -0.2) is 46.9 Å². The van der Waals surface area contributed by atoms with Gasteiger partial charge in [0.1, 0.15) is 11.6 Å². The molecule has 154 valence electrons. The van der Waals surface area contributed by atoms with E-state index in [2.05, 4.69) is 9.88 Å². The van der Waals surface area contributed by atoms with Crippen molar-refractivity contribution in [2.75, 3.05) is 26.2 Å². The molecule has 2 fully saturated rings.